The highest BCUT2D eigenvalue weighted by molar-refractivity contribution is 5.84. The lowest BCUT2D eigenvalue weighted by Crippen LogP contribution is -2.52. The lowest BCUT2D eigenvalue weighted by Gasteiger charge is -2.23. The van der Waals surface area contributed by atoms with Gasteiger partial charge in [0.25, 0.3) is 11.8 Å². The van der Waals surface area contributed by atoms with Gasteiger partial charge < -0.3 is 0 Å². The molecule has 0 saturated heterocycles. The molecule has 112 valence electrons. The Kier molecular flexibility index (Phi) is 5.15. The molecule has 0 aliphatic rings. The van der Waals surface area contributed by atoms with Gasteiger partial charge in [0.05, 0.1) is 0 Å². The van der Waals surface area contributed by atoms with Crippen LogP contribution in [0.4, 0.5) is 30.8 Å². The lowest BCUT2D eigenvalue weighted by atomic mass is 10.1. The van der Waals surface area contributed by atoms with E-state index in [4.69, 9.17) is 0 Å². The second-order valence-corrected chi connectivity index (χ2v) is 3.77. The van der Waals surface area contributed by atoms with Gasteiger partial charge in [-0.05, 0) is 0 Å². The van der Waals surface area contributed by atoms with Crippen molar-refractivity contribution in [2.24, 2.45) is 11.8 Å². The van der Waals surface area contributed by atoms with Crippen LogP contribution in [-0.4, -0.2) is 29.4 Å². The van der Waals surface area contributed by atoms with Crippen LogP contribution in [0.15, 0.2) is 0 Å². The number of carbonyl (C=O) groups is 2. The molecule has 0 aromatic heterocycles. The molecule has 11 heteroatoms. The number of hydrogen-bond donors (Lipinski definition) is 1. The molecular weight excluding hydrogens is 289 g/mol. The Morgan fingerprint density at radius 2 is 1.37 bits per heavy atom. The SMILES string of the molecule is CC(C)C(=O)N(F)NC(=O)C(C(F)(F)F)C(F)(F)F. The van der Waals surface area contributed by atoms with Crippen molar-refractivity contribution in [1.29, 1.82) is 0 Å². The molecule has 0 fully saturated rings. The smallest absolute Gasteiger partial charge is 0.272 e. The first kappa shape index (κ1) is 17.4. The number of hydrazine groups is 1. The summed E-state index contributed by atoms with van der Waals surface area (Å²) in [5, 5.41) is -1.20. The van der Waals surface area contributed by atoms with Gasteiger partial charge in [0.15, 0.2) is 0 Å². The van der Waals surface area contributed by atoms with Crippen LogP contribution in [0.3, 0.4) is 0 Å². The van der Waals surface area contributed by atoms with E-state index in [1.807, 2.05) is 0 Å². The number of nitrogens with zero attached hydrogens (tertiary/aromatic N) is 1. The molecular formula is C8H9F7N2O2. The fourth-order valence-electron chi connectivity index (χ4n) is 0.926. The maximum Gasteiger partial charge on any atom is 0.409 e. The highest BCUT2D eigenvalue weighted by Crippen LogP contribution is 2.39. The van der Waals surface area contributed by atoms with Gasteiger partial charge in [-0.3, -0.25) is 9.59 Å². The maximum atomic E-state index is 12.9. The summed E-state index contributed by atoms with van der Waals surface area (Å²) in [6.45, 7) is 2.26. The van der Waals surface area contributed by atoms with Crippen molar-refractivity contribution in [3.8, 4) is 0 Å². The topological polar surface area (TPSA) is 49.4 Å². The molecule has 0 aliphatic carbocycles. The van der Waals surface area contributed by atoms with Gasteiger partial charge in [-0.15, -0.1) is 0 Å². The molecule has 4 nitrogen and oxygen atoms in total. The van der Waals surface area contributed by atoms with E-state index in [-0.39, 0.29) is 0 Å². The first-order chi connectivity index (χ1) is 8.28. The quantitative estimate of drug-likeness (QED) is 0.482. The highest BCUT2D eigenvalue weighted by atomic mass is 19.4. The molecule has 0 aromatic carbocycles. The molecule has 2 amide bonds. The zero-order chi connectivity index (χ0) is 15.6. The minimum absolute atomic E-state index is 0.612. The molecule has 0 bridgehead atoms. The molecule has 0 spiro atoms. The number of alkyl halides is 6. The van der Waals surface area contributed by atoms with Gasteiger partial charge in [0, 0.05) is 5.92 Å². The fourth-order valence-corrected chi connectivity index (χ4v) is 0.926. The molecule has 0 saturated carbocycles. The average Bonchev–Trinajstić information content (AvgIpc) is 2.10. The zero-order valence-electron chi connectivity index (χ0n) is 9.56. The second kappa shape index (κ2) is 5.61. The van der Waals surface area contributed by atoms with Crippen molar-refractivity contribution in [1.82, 2.24) is 10.7 Å². The highest BCUT2D eigenvalue weighted by Gasteiger charge is 2.61. The van der Waals surface area contributed by atoms with Crippen molar-refractivity contribution in [3.05, 3.63) is 0 Å². The lowest BCUT2D eigenvalue weighted by molar-refractivity contribution is -0.276. The van der Waals surface area contributed by atoms with Gasteiger partial charge in [-0.1, -0.05) is 23.6 Å². The van der Waals surface area contributed by atoms with Crippen LogP contribution < -0.4 is 5.43 Å². The largest absolute Gasteiger partial charge is 0.409 e. The van der Waals surface area contributed by atoms with Crippen LogP contribution in [0.5, 0.6) is 0 Å². The predicted molar refractivity (Wildman–Crippen MR) is 46.5 cm³/mol. The molecule has 0 radical (unpaired) electrons. The molecule has 0 unspecified atom stereocenters. The van der Waals surface area contributed by atoms with Crippen molar-refractivity contribution >= 4 is 11.8 Å². The van der Waals surface area contributed by atoms with E-state index in [2.05, 4.69) is 0 Å². The Bertz CT molecular complexity index is 336. The number of carbonyl (C=O) groups excluding carboxylic acids is 2. The normalized spacial score (nSPS) is 12.8. The van der Waals surface area contributed by atoms with Crippen LogP contribution in [-0.2, 0) is 9.59 Å². The Morgan fingerprint density at radius 1 is 1.00 bits per heavy atom. The number of rotatable bonds is 2. The van der Waals surface area contributed by atoms with E-state index < -0.39 is 41.2 Å². The summed E-state index contributed by atoms with van der Waals surface area (Å²) in [6.07, 6.45) is -11.9. The molecule has 0 aliphatic heterocycles. The van der Waals surface area contributed by atoms with Crippen molar-refractivity contribution < 1.29 is 40.4 Å². The third-order valence-corrected chi connectivity index (χ3v) is 1.81. The third-order valence-electron chi connectivity index (χ3n) is 1.81. The molecule has 0 rings (SSSR count). The molecule has 0 heterocycles. The second-order valence-electron chi connectivity index (χ2n) is 3.77. The Hall–Kier alpha value is -1.55. The Balaban J connectivity index is 5.02. The molecule has 0 atom stereocenters. The van der Waals surface area contributed by atoms with Gasteiger partial charge in [0.2, 0.25) is 5.92 Å². The van der Waals surface area contributed by atoms with Crippen LogP contribution in [0, 0.1) is 11.8 Å². The van der Waals surface area contributed by atoms with E-state index in [9.17, 15) is 40.4 Å². The van der Waals surface area contributed by atoms with Crippen LogP contribution in [0.1, 0.15) is 13.8 Å². The molecule has 1 N–H and O–H groups in total. The number of amides is 2. The Labute approximate surface area is 102 Å². The van der Waals surface area contributed by atoms with E-state index in [1.165, 1.54) is 0 Å². The summed E-state index contributed by atoms with van der Waals surface area (Å²) in [6, 6.07) is 0. The first-order valence-corrected chi connectivity index (χ1v) is 4.72. The maximum absolute atomic E-state index is 12.9. The summed E-state index contributed by atoms with van der Waals surface area (Å²) in [7, 11) is 0. The van der Waals surface area contributed by atoms with Gasteiger partial charge in [-0.25, -0.2) is 5.43 Å². The van der Waals surface area contributed by atoms with Crippen molar-refractivity contribution in [2.45, 2.75) is 26.2 Å². The summed E-state index contributed by atoms with van der Waals surface area (Å²) >= 11 is 0. The van der Waals surface area contributed by atoms with Crippen molar-refractivity contribution in [2.75, 3.05) is 0 Å². The van der Waals surface area contributed by atoms with Crippen molar-refractivity contribution in [3.63, 3.8) is 0 Å². The summed E-state index contributed by atoms with van der Waals surface area (Å²) in [4.78, 5) is 21.7. The van der Waals surface area contributed by atoms with Gasteiger partial charge >= 0.3 is 12.4 Å². The van der Waals surface area contributed by atoms with Crippen LogP contribution in [0.2, 0.25) is 0 Å². The minimum Gasteiger partial charge on any atom is -0.272 e. The van der Waals surface area contributed by atoms with Crippen LogP contribution >= 0.6 is 0 Å². The molecule has 0 aromatic rings. The summed E-state index contributed by atoms with van der Waals surface area (Å²) < 4.78 is 85.3. The van der Waals surface area contributed by atoms with Gasteiger partial charge in [-0.2, -0.15) is 26.3 Å². The minimum atomic E-state index is -5.95. The van der Waals surface area contributed by atoms with E-state index in [0.29, 0.717) is 5.43 Å². The van der Waals surface area contributed by atoms with E-state index >= 15 is 0 Å². The van der Waals surface area contributed by atoms with E-state index in [0.717, 1.165) is 13.8 Å². The number of hydrogen-bond acceptors (Lipinski definition) is 2. The molecule has 19 heavy (non-hydrogen) atoms. The first-order valence-electron chi connectivity index (χ1n) is 4.72. The van der Waals surface area contributed by atoms with Gasteiger partial charge in [0.1, 0.15) is 0 Å². The fraction of sp³-hybridized carbons (Fsp3) is 0.750. The standard InChI is InChI=1S/C8H9F7N2O2/c1-3(2)6(19)17(15)16-5(18)4(7(9,10)11)8(12,13)14/h3-4H,1-2H3,(H,16,18). The van der Waals surface area contributed by atoms with Crippen LogP contribution in [0.25, 0.3) is 0 Å². The van der Waals surface area contributed by atoms with E-state index in [1.54, 1.807) is 0 Å². The number of nitrogens with one attached hydrogen (secondary N) is 1. The Morgan fingerprint density at radius 3 is 1.63 bits per heavy atom. The third kappa shape index (κ3) is 4.91. The predicted octanol–water partition coefficient (Wildman–Crippen LogP) is 2.13. The summed E-state index contributed by atoms with van der Waals surface area (Å²) in [5.74, 6) is -9.70. The number of halogens is 7. The zero-order valence-corrected chi connectivity index (χ0v) is 9.56. The monoisotopic (exact) mass is 298 g/mol. The summed E-state index contributed by atoms with van der Waals surface area (Å²) in [5.41, 5.74) is 0.612. The average molecular weight is 298 g/mol.